The van der Waals surface area contributed by atoms with Crippen LogP contribution in [0.4, 0.5) is 5.69 Å². The maximum Gasteiger partial charge on any atom is 0.357 e. The summed E-state index contributed by atoms with van der Waals surface area (Å²) in [4.78, 5) is 46.2. The summed E-state index contributed by atoms with van der Waals surface area (Å²) in [6.45, 7) is 2.78. The number of hydrogen-bond acceptors (Lipinski definition) is 8. The van der Waals surface area contributed by atoms with E-state index in [0.717, 1.165) is 59.2 Å². The van der Waals surface area contributed by atoms with E-state index in [1.165, 1.54) is 20.0 Å². The monoisotopic (exact) mass is 638 g/mol. The summed E-state index contributed by atoms with van der Waals surface area (Å²) in [5.41, 5.74) is 11.4. The number of hydrogen-bond donors (Lipinski definition) is 3. The molecule has 0 bridgehead atoms. The van der Waals surface area contributed by atoms with Crippen LogP contribution in [0.15, 0.2) is 53.9 Å². The van der Waals surface area contributed by atoms with Gasteiger partial charge in [0.2, 0.25) is 0 Å². The number of nitrogens with zero attached hydrogens (tertiary/aromatic N) is 1. The Bertz CT molecular complexity index is 1790. The lowest BCUT2D eigenvalue weighted by Crippen LogP contribution is -2.35. The molecule has 2 aromatic carbocycles. The highest BCUT2D eigenvalue weighted by Crippen LogP contribution is 2.43. The molecule has 3 heterocycles. The molecule has 0 spiro atoms. The number of pyridine rings is 1. The molecule has 0 unspecified atom stereocenters. The number of rotatable bonds is 7. The third-order valence-electron chi connectivity index (χ3n) is 8.75. The summed E-state index contributed by atoms with van der Waals surface area (Å²) in [5, 5.41) is 8.19. The van der Waals surface area contributed by atoms with Crippen LogP contribution in [0.25, 0.3) is 21.6 Å². The zero-order valence-electron chi connectivity index (χ0n) is 26.1. The van der Waals surface area contributed by atoms with Gasteiger partial charge in [-0.25, -0.2) is 9.78 Å². The molecule has 4 aromatic rings. The number of aryl methyl sites for hydroxylation is 1. The van der Waals surface area contributed by atoms with Crippen LogP contribution in [-0.2, 0) is 17.7 Å². The maximum atomic E-state index is 14.1. The van der Waals surface area contributed by atoms with Crippen molar-refractivity contribution < 1.29 is 23.9 Å². The Labute approximate surface area is 272 Å². The molecule has 0 atom stereocenters. The predicted molar refractivity (Wildman–Crippen MR) is 180 cm³/mol. The third kappa shape index (κ3) is 6.54. The molecule has 9 nitrogen and oxygen atoms in total. The summed E-state index contributed by atoms with van der Waals surface area (Å²) in [7, 11) is 1.27. The van der Waals surface area contributed by atoms with Crippen molar-refractivity contribution in [3.63, 3.8) is 0 Å². The van der Waals surface area contributed by atoms with Crippen LogP contribution in [0, 0.1) is 6.92 Å². The van der Waals surface area contributed by atoms with Crippen molar-refractivity contribution in [2.75, 3.05) is 19.0 Å². The van der Waals surface area contributed by atoms with E-state index in [0.29, 0.717) is 41.3 Å². The normalized spacial score (nSPS) is 14.6. The number of carbonyl (C=O) groups is 3. The Balaban J connectivity index is 1.45. The predicted octanol–water partition coefficient (Wildman–Crippen LogP) is 6.67. The average molecular weight is 639 g/mol. The molecule has 2 amide bonds. The summed E-state index contributed by atoms with van der Waals surface area (Å²) in [5.74, 6) is -0.819. The number of aromatic nitrogens is 1. The molecule has 46 heavy (non-hydrogen) atoms. The van der Waals surface area contributed by atoms with E-state index in [2.05, 4.69) is 21.7 Å². The van der Waals surface area contributed by atoms with E-state index < -0.39 is 5.97 Å². The zero-order valence-corrected chi connectivity index (χ0v) is 26.9. The van der Waals surface area contributed by atoms with Gasteiger partial charge in [0.15, 0.2) is 5.69 Å². The first kappa shape index (κ1) is 31.4. The van der Waals surface area contributed by atoms with E-state index in [1.807, 2.05) is 36.6 Å². The van der Waals surface area contributed by atoms with Crippen molar-refractivity contribution >= 4 is 34.8 Å². The molecule has 10 heteroatoms. The highest BCUT2D eigenvalue weighted by Gasteiger charge is 2.27. The number of benzene rings is 2. The Morgan fingerprint density at radius 2 is 1.78 bits per heavy atom. The number of esters is 1. The van der Waals surface area contributed by atoms with E-state index in [1.54, 1.807) is 29.5 Å². The molecule has 0 saturated heterocycles. The molecule has 6 rings (SSSR count). The standard InChI is InChI=1S/C36H38N4O5S/c1-21-17-22(20-37)9-11-29(21)40-34(41)27-18-28-31(45-15-13-23-14-16-46-33(23)28)19-26(27)25-10-12-30(39-32(25)36(43)44-2)35(42)38-24-7-5-3-4-6-8-24/h9-12,14,16-19,24H,3-8,13,15,20,37H2,1-2H3,(H,38,42)(H,40,41). The quantitative estimate of drug-likeness (QED) is 0.152. The van der Waals surface area contributed by atoms with Crippen LogP contribution in [0.1, 0.15) is 86.6 Å². The summed E-state index contributed by atoms with van der Waals surface area (Å²) in [6.07, 6.45) is 7.04. The van der Waals surface area contributed by atoms with Gasteiger partial charge in [-0.15, -0.1) is 11.3 Å². The zero-order chi connectivity index (χ0) is 32.2. The van der Waals surface area contributed by atoms with Gasteiger partial charge in [-0.1, -0.05) is 37.8 Å². The fourth-order valence-electron chi connectivity index (χ4n) is 6.25. The van der Waals surface area contributed by atoms with Crippen molar-refractivity contribution in [2.45, 2.75) is 64.5 Å². The second-order valence-electron chi connectivity index (χ2n) is 11.8. The molecular formula is C36H38N4O5S. The second-order valence-corrected chi connectivity index (χ2v) is 12.7. The van der Waals surface area contributed by atoms with Crippen molar-refractivity contribution in [3.8, 4) is 27.3 Å². The van der Waals surface area contributed by atoms with Crippen LogP contribution < -0.4 is 21.1 Å². The van der Waals surface area contributed by atoms with Gasteiger partial charge in [-0.3, -0.25) is 9.59 Å². The van der Waals surface area contributed by atoms with Crippen LogP contribution in [-0.4, -0.2) is 42.5 Å². The van der Waals surface area contributed by atoms with Crippen molar-refractivity contribution in [2.24, 2.45) is 5.73 Å². The topological polar surface area (TPSA) is 133 Å². The largest absolute Gasteiger partial charge is 0.493 e. The van der Waals surface area contributed by atoms with Gasteiger partial charge in [-0.05, 0) is 78.2 Å². The fourth-order valence-corrected chi connectivity index (χ4v) is 7.22. The van der Waals surface area contributed by atoms with Gasteiger partial charge in [0.25, 0.3) is 11.8 Å². The fraction of sp³-hybridized carbons (Fsp3) is 0.333. The Morgan fingerprint density at radius 1 is 0.978 bits per heavy atom. The molecule has 1 fully saturated rings. The lowest BCUT2D eigenvalue weighted by Gasteiger charge is -2.19. The minimum absolute atomic E-state index is 0.0565. The van der Waals surface area contributed by atoms with E-state index in [9.17, 15) is 14.4 Å². The molecule has 1 aliphatic heterocycles. The third-order valence-corrected chi connectivity index (χ3v) is 9.74. The first-order valence-electron chi connectivity index (χ1n) is 15.8. The summed E-state index contributed by atoms with van der Waals surface area (Å²) >= 11 is 1.59. The van der Waals surface area contributed by atoms with Crippen molar-refractivity contribution in [1.29, 1.82) is 0 Å². The number of ether oxygens (including phenoxy) is 2. The number of anilines is 1. The molecule has 4 N–H and O–H groups in total. The van der Waals surface area contributed by atoms with Crippen LogP contribution in [0.3, 0.4) is 0 Å². The Kier molecular flexibility index (Phi) is 9.46. The average Bonchev–Trinajstić information content (AvgIpc) is 3.28. The van der Waals surface area contributed by atoms with Gasteiger partial charge < -0.3 is 25.8 Å². The molecule has 238 valence electrons. The summed E-state index contributed by atoms with van der Waals surface area (Å²) in [6, 6.07) is 14.7. The number of thiophene rings is 1. The molecule has 1 aliphatic carbocycles. The van der Waals surface area contributed by atoms with Crippen molar-refractivity contribution in [1.82, 2.24) is 10.3 Å². The highest BCUT2D eigenvalue weighted by molar-refractivity contribution is 7.13. The Hall–Kier alpha value is -4.54. The van der Waals surface area contributed by atoms with Crippen LogP contribution in [0.2, 0.25) is 0 Å². The number of fused-ring (bicyclic) bond motifs is 3. The van der Waals surface area contributed by atoms with Crippen molar-refractivity contribution in [3.05, 3.63) is 87.6 Å². The maximum absolute atomic E-state index is 14.1. The van der Waals surface area contributed by atoms with E-state index in [-0.39, 0.29) is 29.2 Å². The SMILES string of the molecule is COC(=O)c1nc(C(=O)NC2CCCCCC2)ccc1-c1cc2c(cc1C(=O)Nc1ccc(CN)cc1C)-c1sccc1CCO2. The van der Waals surface area contributed by atoms with Gasteiger partial charge in [0.1, 0.15) is 11.4 Å². The summed E-state index contributed by atoms with van der Waals surface area (Å²) < 4.78 is 11.3. The van der Waals surface area contributed by atoms with E-state index >= 15 is 0 Å². The molecule has 2 aliphatic rings. The van der Waals surface area contributed by atoms with Crippen LogP contribution in [0.5, 0.6) is 5.75 Å². The lowest BCUT2D eigenvalue weighted by molar-refractivity contribution is 0.0594. The molecule has 1 saturated carbocycles. The first-order chi connectivity index (χ1) is 22.4. The second kappa shape index (κ2) is 13.8. The number of methoxy groups -OCH3 is 1. The first-order valence-corrected chi connectivity index (χ1v) is 16.6. The minimum Gasteiger partial charge on any atom is -0.493 e. The lowest BCUT2D eigenvalue weighted by atomic mass is 9.93. The number of nitrogens with one attached hydrogen (secondary N) is 2. The Morgan fingerprint density at radius 3 is 2.52 bits per heavy atom. The number of nitrogens with two attached hydrogens (primary N) is 1. The van der Waals surface area contributed by atoms with Gasteiger partial charge in [-0.2, -0.15) is 0 Å². The van der Waals surface area contributed by atoms with Gasteiger partial charge in [0, 0.05) is 51.8 Å². The number of carbonyl (C=O) groups excluding carboxylic acids is 3. The smallest absolute Gasteiger partial charge is 0.357 e. The molecule has 2 aromatic heterocycles. The van der Waals surface area contributed by atoms with Gasteiger partial charge >= 0.3 is 5.97 Å². The minimum atomic E-state index is -0.713. The molecule has 0 radical (unpaired) electrons. The molecular weight excluding hydrogens is 600 g/mol. The van der Waals surface area contributed by atoms with Gasteiger partial charge in [0.05, 0.1) is 13.7 Å². The van der Waals surface area contributed by atoms with E-state index in [4.69, 9.17) is 15.2 Å². The van der Waals surface area contributed by atoms with Crippen LogP contribution >= 0.6 is 11.3 Å². The number of amides is 2. The highest BCUT2D eigenvalue weighted by atomic mass is 32.1.